The molecule has 1 N–H and O–H groups in total. The van der Waals surface area contributed by atoms with Crippen molar-refractivity contribution in [2.75, 3.05) is 0 Å². The van der Waals surface area contributed by atoms with Gasteiger partial charge in [-0.25, -0.2) is 17.5 Å². The number of nitrogens with one attached hydrogen (secondary N) is 1. The van der Waals surface area contributed by atoms with Crippen LogP contribution in [-0.4, -0.2) is 13.4 Å². The van der Waals surface area contributed by atoms with Crippen molar-refractivity contribution in [3.05, 3.63) is 77.7 Å². The number of pyridine rings is 1. The number of halogens is 1. The average Bonchev–Trinajstić information content (AvgIpc) is 2.55. The fraction of sp³-hybridized carbons (Fsp3) is 0.118. The summed E-state index contributed by atoms with van der Waals surface area (Å²) in [6.07, 6.45) is 1.66. The second-order valence-corrected chi connectivity index (χ2v) is 7.05. The van der Waals surface area contributed by atoms with Gasteiger partial charge in [0.2, 0.25) is 10.0 Å². The van der Waals surface area contributed by atoms with Gasteiger partial charge in [0.25, 0.3) is 0 Å². The van der Waals surface area contributed by atoms with Crippen LogP contribution in [0.3, 0.4) is 0 Å². The van der Waals surface area contributed by atoms with Crippen LogP contribution in [0.5, 0.6) is 0 Å². The lowest BCUT2D eigenvalue weighted by Gasteiger charge is -2.07. The van der Waals surface area contributed by atoms with Crippen LogP contribution >= 0.6 is 0 Å². The summed E-state index contributed by atoms with van der Waals surface area (Å²) in [7, 11) is -3.50. The van der Waals surface area contributed by atoms with Crippen LogP contribution in [0, 0.1) is 5.82 Å². The van der Waals surface area contributed by atoms with E-state index in [0.717, 1.165) is 16.5 Å². The molecule has 1 heterocycles. The smallest absolute Gasteiger partial charge is 0.216 e. The molecule has 118 valence electrons. The maximum Gasteiger partial charge on any atom is 0.216 e. The predicted octanol–water partition coefficient (Wildman–Crippen LogP) is 2.99. The van der Waals surface area contributed by atoms with Crippen molar-refractivity contribution in [3.63, 3.8) is 0 Å². The molecule has 0 saturated heterocycles. The molecule has 1 aromatic heterocycles. The van der Waals surface area contributed by atoms with Gasteiger partial charge in [-0.1, -0.05) is 30.3 Å². The Hall–Kier alpha value is -2.31. The number of rotatable bonds is 5. The zero-order valence-electron chi connectivity index (χ0n) is 12.2. The minimum Gasteiger partial charge on any atom is -0.256 e. The highest BCUT2D eigenvalue weighted by Crippen LogP contribution is 2.13. The lowest BCUT2D eigenvalue weighted by atomic mass is 10.2. The van der Waals surface area contributed by atoms with E-state index in [-0.39, 0.29) is 18.1 Å². The third kappa shape index (κ3) is 4.12. The molecule has 6 heteroatoms. The van der Waals surface area contributed by atoms with E-state index < -0.39 is 10.0 Å². The Kier molecular flexibility index (Phi) is 4.36. The molecule has 2 aromatic carbocycles. The van der Waals surface area contributed by atoms with Crippen molar-refractivity contribution in [1.82, 2.24) is 9.71 Å². The number of sulfonamides is 1. The Labute approximate surface area is 134 Å². The van der Waals surface area contributed by atoms with Gasteiger partial charge >= 0.3 is 0 Å². The summed E-state index contributed by atoms with van der Waals surface area (Å²) in [5.41, 5.74) is 2.19. The summed E-state index contributed by atoms with van der Waals surface area (Å²) in [6.45, 7) is 0.168. The van der Waals surface area contributed by atoms with E-state index in [9.17, 15) is 12.8 Å². The Morgan fingerprint density at radius 3 is 2.52 bits per heavy atom. The van der Waals surface area contributed by atoms with Crippen LogP contribution in [-0.2, 0) is 22.3 Å². The number of benzene rings is 2. The number of hydrogen-bond acceptors (Lipinski definition) is 3. The van der Waals surface area contributed by atoms with E-state index in [1.165, 1.54) is 24.3 Å². The van der Waals surface area contributed by atoms with Gasteiger partial charge in [-0.3, -0.25) is 4.98 Å². The standard InChI is InChI=1S/C17H15FN2O2S/c18-16-7-5-13(6-8-16)12-23(21,22)20-11-14-9-15-3-1-2-4-17(15)19-10-14/h1-10,20H,11-12H2. The molecule has 0 fully saturated rings. The monoisotopic (exact) mass is 330 g/mol. The first-order valence-corrected chi connectivity index (χ1v) is 8.72. The van der Waals surface area contributed by atoms with Crippen molar-refractivity contribution in [1.29, 1.82) is 0 Å². The zero-order chi connectivity index (χ0) is 16.3. The zero-order valence-corrected chi connectivity index (χ0v) is 13.1. The van der Waals surface area contributed by atoms with E-state index >= 15 is 0 Å². The Bertz CT molecular complexity index is 925. The van der Waals surface area contributed by atoms with E-state index in [4.69, 9.17) is 0 Å². The minimum absolute atomic E-state index is 0.168. The SMILES string of the molecule is O=S(=O)(Cc1ccc(F)cc1)NCc1cnc2ccccc2c1. The second kappa shape index (κ2) is 6.44. The second-order valence-electron chi connectivity index (χ2n) is 5.24. The molecule has 4 nitrogen and oxygen atoms in total. The molecule has 0 radical (unpaired) electrons. The summed E-state index contributed by atoms with van der Waals surface area (Å²) in [5, 5.41) is 0.961. The maximum absolute atomic E-state index is 12.8. The lowest BCUT2D eigenvalue weighted by Crippen LogP contribution is -2.24. The first-order chi connectivity index (χ1) is 11.0. The fourth-order valence-electron chi connectivity index (χ4n) is 2.26. The summed E-state index contributed by atoms with van der Waals surface area (Å²) in [5.74, 6) is -0.574. The third-order valence-electron chi connectivity index (χ3n) is 3.41. The Morgan fingerprint density at radius 1 is 1.00 bits per heavy atom. The molecule has 0 saturated carbocycles. The van der Waals surface area contributed by atoms with Crippen LogP contribution in [0.2, 0.25) is 0 Å². The lowest BCUT2D eigenvalue weighted by molar-refractivity contribution is 0.580. The number of fused-ring (bicyclic) bond motifs is 1. The van der Waals surface area contributed by atoms with E-state index in [1.807, 2.05) is 30.3 Å². The van der Waals surface area contributed by atoms with Crippen LogP contribution in [0.15, 0.2) is 60.8 Å². The summed E-state index contributed by atoms with van der Waals surface area (Å²) >= 11 is 0. The van der Waals surface area contributed by atoms with Crippen molar-refractivity contribution in [3.8, 4) is 0 Å². The van der Waals surface area contributed by atoms with Crippen LogP contribution < -0.4 is 4.72 Å². The predicted molar refractivity (Wildman–Crippen MR) is 87.6 cm³/mol. The molecular weight excluding hydrogens is 315 g/mol. The van der Waals surface area contributed by atoms with E-state index in [1.54, 1.807) is 6.20 Å². The topological polar surface area (TPSA) is 59.1 Å². The van der Waals surface area contributed by atoms with Gasteiger partial charge in [-0.2, -0.15) is 0 Å². The van der Waals surface area contributed by atoms with Gasteiger partial charge in [-0.15, -0.1) is 0 Å². The van der Waals surface area contributed by atoms with Crippen LogP contribution in [0.1, 0.15) is 11.1 Å². The van der Waals surface area contributed by atoms with Gasteiger partial charge in [0.1, 0.15) is 5.82 Å². The maximum atomic E-state index is 12.8. The van der Waals surface area contributed by atoms with Crippen LogP contribution in [0.25, 0.3) is 10.9 Å². The Morgan fingerprint density at radius 2 is 1.74 bits per heavy atom. The van der Waals surface area contributed by atoms with Crippen molar-refractivity contribution >= 4 is 20.9 Å². The average molecular weight is 330 g/mol. The van der Waals surface area contributed by atoms with Crippen LogP contribution in [0.4, 0.5) is 4.39 Å². The summed E-state index contributed by atoms with van der Waals surface area (Å²) in [4.78, 5) is 4.30. The molecule has 0 aliphatic rings. The number of nitrogens with zero attached hydrogens (tertiary/aromatic N) is 1. The van der Waals surface area contributed by atoms with Gasteiger partial charge < -0.3 is 0 Å². The quantitative estimate of drug-likeness (QED) is 0.782. The van der Waals surface area contributed by atoms with Gasteiger partial charge in [0, 0.05) is 18.1 Å². The summed E-state index contributed by atoms with van der Waals surface area (Å²) in [6, 6.07) is 15.0. The highest BCUT2D eigenvalue weighted by molar-refractivity contribution is 7.88. The highest BCUT2D eigenvalue weighted by atomic mass is 32.2. The normalized spacial score (nSPS) is 11.7. The van der Waals surface area contributed by atoms with Gasteiger partial charge in [0.15, 0.2) is 0 Å². The van der Waals surface area contributed by atoms with Gasteiger partial charge in [0.05, 0.1) is 11.3 Å². The molecule has 0 unspecified atom stereocenters. The molecule has 0 amide bonds. The largest absolute Gasteiger partial charge is 0.256 e. The van der Waals surface area contributed by atoms with E-state index in [0.29, 0.717) is 5.56 Å². The van der Waals surface area contributed by atoms with E-state index in [2.05, 4.69) is 9.71 Å². The summed E-state index contributed by atoms with van der Waals surface area (Å²) < 4.78 is 39.6. The molecule has 0 atom stereocenters. The molecule has 0 aliphatic carbocycles. The molecule has 3 rings (SSSR count). The first-order valence-electron chi connectivity index (χ1n) is 7.07. The van der Waals surface area contributed by atoms with Crippen molar-refractivity contribution < 1.29 is 12.8 Å². The third-order valence-corrected chi connectivity index (χ3v) is 4.71. The highest BCUT2D eigenvalue weighted by Gasteiger charge is 2.11. The number of aromatic nitrogens is 1. The molecular formula is C17H15FN2O2S. The van der Waals surface area contributed by atoms with Gasteiger partial charge in [-0.05, 0) is 35.4 Å². The first kappa shape index (κ1) is 15.6. The molecule has 0 spiro atoms. The molecule has 3 aromatic rings. The minimum atomic E-state index is -3.50. The number of para-hydroxylation sites is 1. The number of hydrogen-bond donors (Lipinski definition) is 1. The Balaban J connectivity index is 1.69. The molecule has 23 heavy (non-hydrogen) atoms. The van der Waals surface area contributed by atoms with Crippen molar-refractivity contribution in [2.45, 2.75) is 12.3 Å². The molecule has 0 aliphatic heterocycles. The molecule has 0 bridgehead atoms. The fourth-order valence-corrected chi connectivity index (χ4v) is 3.38. The van der Waals surface area contributed by atoms with Crippen molar-refractivity contribution in [2.24, 2.45) is 0 Å².